The summed E-state index contributed by atoms with van der Waals surface area (Å²) in [5.41, 5.74) is 1.62. The van der Waals surface area contributed by atoms with Crippen molar-refractivity contribution in [3.8, 4) is 11.5 Å². The van der Waals surface area contributed by atoms with E-state index in [9.17, 15) is 14.4 Å². The van der Waals surface area contributed by atoms with Crippen molar-refractivity contribution in [1.29, 1.82) is 0 Å². The molecule has 0 radical (unpaired) electrons. The van der Waals surface area contributed by atoms with E-state index >= 15 is 0 Å². The van der Waals surface area contributed by atoms with Gasteiger partial charge in [-0.2, -0.15) is 0 Å². The Hall–Kier alpha value is -3.55. The number of carbonyl (C=O) groups excluding carboxylic acids is 3. The van der Waals surface area contributed by atoms with Crippen LogP contribution in [0.4, 0.5) is 4.79 Å². The summed E-state index contributed by atoms with van der Waals surface area (Å²) in [7, 11) is 0. The van der Waals surface area contributed by atoms with E-state index in [2.05, 4.69) is 5.32 Å². The number of benzene rings is 2. The average Bonchev–Trinajstić information content (AvgIpc) is 2.83. The molecule has 8 heteroatoms. The SMILES string of the molecule is CCOC(=O)Oc1ccc(C(=O)NCC2CCN(C(=O)COc3ccc(C)cc3)CC2)cc1. The Morgan fingerprint density at radius 1 is 0.970 bits per heavy atom. The minimum absolute atomic E-state index is 0.0248. The summed E-state index contributed by atoms with van der Waals surface area (Å²) >= 11 is 0. The molecule has 1 N–H and O–H groups in total. The molecule has 0 spiro atoms. The molecular weight excluding hydrogens is 424 g/mol. The minimum atomic E-state index is -0.777. The smallest absolute Gasteiger partial charge is 0.484 e. The topological polar surface area (TPSA) is 94.2 Å². The lowest BCUT2D eigenvalue weighted by Crippen LogP contribution is -2.43. The monoisotopic (exact) mass is 454 g/mol. The third kappa shape index (κ3) is 7.52. The van der Waals surface area contributed by atoms with Gasteiger partial charge in [-0.3, -0.25) is 9.59 Å². The number of likely N-dealkylation sites (tertiary alicyclic amines) is 1. The second-order valence-corrected chi connectivity index (χ2v) is 7.95. The molecule has 0 saturated carbocycles. The van der Waals surface area contributed by atoms with Crippen molar-refractivity contribution < 1.29 is 28.6 Å². The van der Waals surface area contributed by atoms with Gasteiger partial charge in [0.2, 0.25) is 0 Å². The number of ether oxygens (including phenoxy) is 3. The first kappa shape index (κ1) is 24.1. The molecule has 0 atom stereocenters. The van der Waals surface area contributed by atoms with Crippen LogP contribution in [0, 0.1) is 12.8 Å². The summed E-state index contributed by atoms with van der Waals surface area (Å²) < 4.78 is 15.3. The van der Waals surface area contributed by atoms with Gasteiger partial charge in [0.1, 0.15) is 11.5 Å². The molecule has 8 nitrogen and oxygen atoms in total. The predicted octanol–water partition coefficient (Wildman–Crippen LogP) is 3.58. The molecule has 1 aliphatic rings. The van der Waals surface area contributed by atoms with Gasteiger partial charge in [-0.25, -0.2) is 4.79 Å². The third-order valence-corrected chi connectivity index (χ3v) is 5.48. The van der Waals surface area contributed by atoms with Gasteiger partial charge in [0.25, 0.3) is 11.8 Å². The van der Waals surface area contributed by atoms with E-state index in [1.54, 1.807) is 31.2 Å². The molecule has 0 aliphatic carbocycles. The first-order valence-corrected chi connectivity index (χ1v) is 11.1. The van der Waals surface area contributed by atoms with Crippen molar-refractivity contribution in [3.63, 3.8) is 0 Å². The Bertz CT molecular complexity index is 934. The van der Waals surface area contributed by atoms with Crippen molar-refractivity contribution in [3.05, 3.63) is 59.7 Å². The number of amides is 2. The molecule has 1 fully saturated rings. The van der Waals surface area contributed by atoms with Crippen LogP contribution in [-0.4, -0.2) is 55.7 Å². The predicted molar refractivity (Wildman–Crippen MR) is 122 cm³/mol. The highest BCUT2D eigenvalue weighted by molar-refractivity contribution is 5.94. The standard InChI is InChI=1S/C25H30N2O6/c1-3-31-25(30)33-22-10-6-20(7-11-22)24(29)26-16-19-12-14-27(15-13-19)23(28)17-32-21-8-4-18(2)5-9-21/h4-11,19H,3,12-17H2,1-2H3,(H,26,29). The lowest BCUT2D eigenvalue weighted by atomic mass is 9.96. The lowest BCUT2D eigenvalue weighted by Gasteiger charge is -2.32. The zero-order valence-corrected chi connectivity index (χ0v) is 19.0. The van der Waals surface area contributed by atoms with Gasteiger partial charge in [-0.05, 0) is 69.0 Å². The van der Waals surface area contributed by atoms with Crippen molar-refractivity contribution >= 4 is 18.0 Å². The first-order chi connectivity index (χ1) is 15.9. The van der Waals surface area contributed by atoms with Crippen LogP contribution >= 0.6 is 0 Å². The summed E-state index contributed by atoms with van der Waals surface area (Å²) in [4.78, 5) is 38.0. The summed E-state index contributed by atoms with van der Waals surface area (Å²) in [6.45, 7) is 5.79. The van der Waals surface area contributed by atoms with Crippen LogP contribution in [0.1, 0.15) is 35.7 Å². The van der Waals surface area contributed by atoms with Crippen molar-refractivity contribution in [2.75, 3.05) is 32.8 Å². The number of nitrogens with zero attached hydrogens (tertiary/aromatic N) is 1. The Kier molecular flexibility index (Phi) is 8.69. The highest BCUT2D eigenvalue weighted by Gasteiger charge is 2.23. The average molecular weight is 455 g/mol. The second-order valence-electron chi connectivity index (χ2n) is 7.95. The number of hydrogen-bond acceptors (Lipinski definition) is 6. The molecular formula is C25H30N2O6. The van der Waals surface area contributed by atoms with E-state index in [1.807, 2.05) is 36.1 Å². The molecule has 176 valence electrons. The molecule has 0 bridgehead atoms. The van der Waals surface area contributed by atoms with Crippen molar-refractivity contribution in [1.82, 2.24) is 10.2 Å². The quantitative estimate of drug-likeness (QED) is 0.484. The van der Waals surface area contributed by atoms with E-state index in [4.69, 9.17) is 14.2 Å². The van der Waals surface area contributed by atoms with Crippen LogP contribution in [0.5, 0.6) is 11.5 Å². The molecule has 3 rings (SSSR count). The molecule has 0 aromatic heterocycles. The van der Waals surface area contributed by atoms with Crippen LogP contribution in [-0.2, 0) is 9.53 Å². The van der Waals surface area contributed by atoms with Gasteiger partial charge in [0.05, 0.1) is 6.61 Å². The van der Waals surface area contributed by atoms with E-state index in [1.165, 1.54) is 0 Å². The molecule has 1 saturated heterocycles. The van der Waals surface area contributed by atoms with E-state index in [-0.39, 0.29) is 25.0 Å². The molecule has 33 heavy (non-hydrogen) atoms. The fraction of sp³-hybridized carbons (Fsp3) is 0.400. The minimum Gasteiger partial charge on any atom is -0.484 e. The van der Waals surface area contributed by atoms with Crippen LogP contribution < -0.4 is 14.8 Å². The van der Waals surface area contributed by atoms with Gasteiger partial charge < -0.3 is 24.4 Å². The Balaban J connectivity index is 1.36. The molecule has 2 aromatic carbocycles. The Labute approximate surface area is 193 Å². The second kappa shape index (κ2) is 11.9. The number of aryl methyl sites for hydroxylation is 1. The van der Waals surface area contributed by atoms with Crippen LogP contribution in [0.15, 0.2) is 48.5 Å². The normalized spacial score (nSPS) is 13.8. The Morgan fingerprint density at radius 2 is 1.61 bits per heavy atom. The summed E-state index contributed by atoms with van der Waals surface area (Å²) in [5.74, 6) is 1.09. The maximum absolute atomic E-state index is 12.4. The fourth-order valence-corrected chi connectivity index (χ4v) is 3.51. The molecule has 1 heterocycles. The highest BCUT2D eigenvalue weighted by Crippen LogP contribution is 2.18. The number of rotatable bonds is 8. The third-order valence-electron chi connectivity index (χ3n) is 5.48. The Morgan fingerprint density at radius 3 is 2.24 bits per heavy atom. The van der Waals surface area contributed by atoms with Crippen LogP contribution in [0.3, 0.4) is 0 Å². The zero-order valence-electron chi connectivity index (χ0n) is 19.0. The number of piperidine rings is 1. The van der Waals surface area contributed by atoms with Gasteiger partial charge >= 0.3 is 6.16 Å². The number of nitrogens with one attached hydrogen (secondary N) is 1. The number of carbonyl (C=O) groups is 3. The van der Waals surface area contributed by atoms with Crippen LogP contribution in [0.2, 0.25) is 0 Å². The van der Waals surface area contributed by atoms with E-state index < -0.39 is 6.16 Å². The van der Waals surface area contributed by atoms with Gasteiger partial charge in [-0.15, -0.1) is 0 Å². The van der Waals surface area contributed by atoms with Crippen LogP contribution in [0.25, 0.3) is 0 Å². The van der Waals surface area contributed by atoms with Gasteiger partial charge in [-0.1, -0.05) is 17.7 Å². The fourth-order valence-electron chi connectivity index (χ4n) is 3.51. The lowest BCUT2D eigenvalue weighted by molar-refractivity contribution is -0.134. The van der Waals surface area contributed by atoms with E-state index in [0.29, 0.717) is 42.6 Å². The summed E-state index contributed by atoms with van der Waals surface area (Å²) in [6.07, 6.45) is 0.868. The number of hydrogen-bond donors (Lipinski definition) is 1. The molecule has 1 aliphatic heterocycles. The molecule has 2 aromatic rings. The van der Waals surface area contributed by atoms with Gasteiger partial charge in [0.15, 0.2) is 6.61 Å². The maximum Gasteiger partial charge on any atom is 0.513 e. The largest absolute Gasteiger partial charge is 0.513 e. The molecule has 0 unspecified atom stereocenters. The van der Waals surface area contributed by atoms with Crippen molar-refractivity contribution in [2.45, 2.75) is 26.7 Å². The highest BCUT2D eigenvalue weighted by atomic mass is 16.7. The molecule has 2 amide bonds. The maximum atomic E-state index is 12.4. The van der Waals surface area contributed by atoms with Crippen molar-refractivity contribution in [2.24, 2.45) is 5.92 Å². The van der Waals surface area contributed by atoms with Gasteiger partial charge in [0, 0.05) is 25.2 Å². The summed E-state index contributed by atoms with van der Waals surface area (Å²) in [5, 5.41) is 2.94. The van der Waals surface area contributed by atoms with E-state index in [0.717, 1.165) is 18.4 Å². The zero-order chi connectivity index (χ0) is 23.6. The summed E-state index contributed by atoms with van der Waals surface area (Å²) in [6, 6.07) is 13.9. The first-order valence-electron chi connectivity index (χ1n) is 11.1.